The van der Waals surface area contributed by atoms with Crippen molar-refractivity contribution in [3.05, 3.63) is 112 Å². The van der Waals surface area contributed by atoms with E-state index in [1.807, 2.05) is 19.1 Å². The third-order valence-electron chi connectivity index (χ3n) is 7.92. The molecule has 3 aromatic carbocycles. The molecule has 0 bridgehead atoms. The maximum Gasteiger partial charge on any atom is 0.335 e. The molecular weight excluding hydrogens is 430 g/mol. The third kappa shape index (κ3) is 4.83. The Morgan fingerprint density at radius 3 is 2.57 bits per heavy atom. The molecule has 3 aromatic rings. The van der Waals surface area contributed by atoms with Gasteiger partial charge in [0.1, 0.15) is 0 Å². The molecule has 3 unspecified atom stereocenters. The van der Waals surface area contributed by atoms with Gasteiger partial charge in [-0.1, -0.05) is 73.7 Å². The lowest BCUT2D eigenvalue weighted by molar-refractivity contribution is 0.0696. The minimum Gasteiger partial charge on any atom is -0.478 e. The highest BCUT2D eigenvalue weighted by atomic mass is 16.4. The molecule has 0 saturated carbocycles. The smallest absolute Gasteiger partial charge is 0.335 e. The second kappa shape index (κ2) is 9.83. The van der Waals surface area contributed by atoms with Gasteiger partial charge in [0.25, 0.3) is 0 Å². The van der Waals surface area contributed by atoms with E-state index in [0.29, 0.717) is 17.4 Å². The molecule has 2 aliphatic rings. The van der Waals surface area contributed by atoms with Crippen LogP contribution in [0.1, 0.15) is 69.9 Å². The van der Waals surface area contributed by atoms with E-state index in [0.717, 1.165) is 36.9 Å². The number of carboxylic acid groups (broad SMARTS) is 1. The third-order valence-corrected chi connectivity index (χ3v) is 7.92. The second-order valence-corrected chi connectivity index (χ2v) is 10.5. The average Bonchev–Trinajstić information content (AvgIpc) is 2.86. The predicted molar refractivity (Wildman–Crippen MR) is 143 cm³/mol. The van der Waals surface area contributed by atoms with Crippen molar-refractivity contribution < 1.29 is 9.90 Å². The molecule has 0 radical (unpaired) electrons. The Hall–Kier alpha value is -3.17. The maximum absolute atomic E-state index is 11.8. The minimum atomic E-state index is -0.851. The number of carbonyl (C=O) groups is 1. The van der Waals surface area contributed by atoms with Gasteiger partial charge in [0.05, 0.1) is 5.56 Å². The quantitative estimate of drug-likeness (QED) is 0.429. The molecule has 2 N–H and O–H groups in total. The lowest BCUT2D eigenvalue weighted by atomic mass is 9.73. The molecule has 0 heterocycles. The summed E-state index contributed by atoms with van der Waals surface area (Å²) in [5.74, 6) is 0.412. The van der Waals surface area contributed by atoms with E-state index < -0.39 is 5.97 Å². The molecular formula is C32H35NO2. The first-order valence-electron chi connectivity index (χ1n) is 12.9. The molecule has 3 heteroatoms. The van der Waals surface area contributed by atoms with Crippen LogP contribution in [-0.2, 0) is 12.8 Å². The van der Waals surface area contributed by atoms with E-state index in [-0.39, 0.29) is 12.0 Å². The zero-order valence-electron chi connectivity index (χ0n) is 20.9. The Bertz CT molecular complexity index is 1270. The molecule has 180 valence electrons. The Morgan fingerprint density at radius 2 is 1.77 bits per heavy atom. The number of fused-ring (bicyclic) bond motifs is 2. The minimum absolute atomic E-state index is 0.218. The monoisotopic (exact) mass is 465 g/mol. The number of hydrogen-bond acceptors (Lipinski definition) is 2. The first-order valence-corrected chi connectivity index (χ1v) is 12.9. The van der Waals surface area contributed by atoms with Crippen LogP contribution in [-0.4, -0.2) is 23.7 Å². The van der Waals surface area contributed by atoms with Crippen molar-refractivity contribution in [1.29, 1.82) is 0 Å². The number of benzene rings is 3. The van der Waals surface area contributed by atoms with Gasteiger partial charge in [0.2, 0.25) is 0 Å². The summed E-state index contributed by atoms with van der Waals surface area (Å²) in [5.41, 5.74) is 9.31. The summed E-state index contributed by atoms with van der Waals surface area (Å²) in [7, 11) is 0. The van der Waals surface area contributed by atoms with Gasteiger partial charge in [0.15, 0.2) is 0 Å². The van der Waals surface area contributed by atoms with Crippen LogP contribution < -0.4 is 5.32 Å². The van der Waals surface area contributed by atoms with Crippen molar-refractivity contribution in [3.8, 4) is 0 Å². The largest absolute Gasteiger partial charge is 0.478 e. The van der Waals surface area contributed by atoms with Crippen molar-refractivity contribution in [3.63, 3.8) is 0 Å². The first-order chi connectivity index (χ1) is 16.9. The molecule has 5 rings (SSSR count). The summed E-state index contributed by atoms with van der Waals surface area (Å²) in [6.45, 7) is 7.40. The lowest BCUT2D eigenvalue weighted by Gasteiger charge is -2.34. The summed E-state index contributed by atoms with van der Waals surface area (Å²) in [4.78, 5) is 11.8. The van der Waals surface area contributed by atoms with E-state index in [2.05, 4.69) is 79.8 Å². The number of nitrogens with one attached hydrogen (secondary N) is 1. The van der Waals surface area contributed by atoms with Crippen molar-refractivity contribution in [1.82, 2.24) is 5.32 Å². The Labute approximate surface area is 208 Å². The lowest BCUT2D eigenvalue weighted by Crippen LogP contribution is -2.36. The molecule has 35 heavy (non-hydrogen) atoms. The topological polar surface area (TPSA) is 49.3 Å². The fourth-order valence-corrected chi connectivity index (χ4v) is 6.09. The van der Waals surface area contributed by atoms with Crippen molar-refractivity contribution in [2.24, 2.45) is 11.8 Å². The number of allylic oxidation sites excluding steroid dienone is 1. The van der Waals surface area contributed by atoms with Gasteiger partial charge < -0.3 is 10.4 Å². The van der Waals surface area contributed by atoms with Gasteiger partial charge in [-0.25, -0.2) is 4.79 Å². The molecule has 4 atom stereocenters. The van der Waals surface area contributed by atoms with Crippen LogP contribution in [0.3, 0.4) is 0 Å². The zero-order valence-corrected chi connectivity index (χ0v) is 20.9. The molecule has 0 spiro atoms. The summed E-state index contributed by atoms with van der Waals surface area (Å²) >= 11 is 0. The zero-order chi connectivity index (χ0) is 24.5. The molecule has 0 saturated heterocycles. The van der Waals surface area contributed by atoms with Crippen molar-refractivity contribution >= 4 is 11.5 Å². The molecule has 3 nitrogen and oxygen atoms in total. The average molecular weight is 466 g/mol. The van der Waals surface area contributed by atoms with Crippen LogP contribution in [0.4, 0.5) is 0 Å². The first kappa shape index (κ1) is 23.6. The van der Waals surface area contributed by atoms with Crippen LogP contribution in [0.25, 0.3) is 5.57 Å². The van der Waals surface area contributed by atoms with Gasteiger partial charge in [-0.05, 0) is 96.5 Å². The Kier molecular flexibility index (Phi) is 6.62. The molecule has 2 aliphatic carbocycles. The van der Waals surface area contributed by atoms with Gasteiger partial charge in [0, 0.05) is 12.0 Å². The molecule has 0 fully saturated rings. The Balaban J connectivity index is 1.37. The second-order valence-electron chi connectivity index (χ2n) is 10.5. The standard InChI is InChI=1S/C32H35NO2/c1-20-14-24-8-4-6-10-27(24)30(15-20)22(3)33-19-23-16-25-9-5-7-11-28(25)31(17-23)26-13-12-21(2)29(18-26)32(34)35/h4-13,15,18,20,22-23,31,33H,14,16-17,19H2,1-3H3,(H,34,35)/t20?,22-,23?,31?/m1/s1. The van der Waals surface area contributed by atoms with Crippen LogP contribution in [0, 0.1) is 18.8 Å². The number of hydrogen-bond donors (Lipinski definition) is 2. The SMILES string of the molecule is Cc1ccc(C2CC(CN[C@H](C)C3=CC(C)Cc4ccccc43)Cc3ccccc32)cc1C(=O)O. The summed E-state index contributed by atoms with van der Waals surface area (Å²) in [6.07, 6.45) is 5.63. The number of rotatable bonds is 6. The maximum atomic E-state index is 11.8. The highest BCUT2D eigenvalue weighted by molar-refractivity contribution is 5.89. The fourth-order valence-electron chi connectivity index (χ4n) is 6.09. The van der Waals surface area contributed by atoms with Crippen molar-refractivity contribution in [2.75, 3.05) is 6.54 Å². The summed E-state index contributed by atoms with van der Waals surface area (Å²) < 4.78 is 0. The van der Waals surface area contributed by atoms with Crippen LogP contribution in [0.5, 0.6) is 0 Å². The van der Waals surface area contributed by atoms with E-state index in [9.17, 15) is 9.90 Å². The highest BCUT2D eigenvalue weighted by Crippen LogP contribution is 2.40. The van der Waals surface area contributed by atoms with Crippen LogP contribution in [0.2, 0.25) is 0 Å². The van der Waals surface area contributed by atoms with Gasteiger partial charge in [-0.2, -0.15) is 0 Å². The fraction of sp³-hybridized carbons (Fsp3) is 0.344. The normalized spacial score (nSPS) is 22.0. The van der Waals surface area contributed by atoms with Gasteiger partial charge >= 0.3 is 5.97 Å². The Morgan fingerprint density at radius 1 is 1.03 bits per heavy atom. The molecule has 0 aromatic heterocycles. The van der Waals surface area contributed by atoms with E-state index in [4.69, 9.17) is 0 Å². The van der Waals surface area contributed by atoms with Crippen molar-refractivity contribution in [2.45, 2.75) is 52.0 Å². The number of aromatic carboxylic acids is 1. The van der Waals surface area contributed by atoms with Gasteiger partial charge in [-0.3, -0.25) is 0 Å². The van der Waals surface area contributed by atoms with Gasteiger partial charge in [-0.15, -0.1) is 0 Å². The summed E-state index contributed by atoms with van der Waals surface area (Å²) in [6, 6.07) is 23.8. The van der Waals surface area contributed by atoms with E-state index in [1.54, 1.807) is 0 Å². The highest BCUT2D eigenvalue weighted by Gasteiger charge is 2.29. The summed E-state index contributed by atoms with van der Waals surface area (Å²) in [5, 5.41) is 13.5. The van der Waals surface area contributed by atoms with E-state index in [1.165, 1.54) is 27.8 Å². The molecule has 0 amide bonds. The van der Waals surface area contributed by atoms with Crippen LogP contribution >= 0.6 is 0 Å². The predicted octanol–water partition coefficient (Wildman–Crippen LogP) is 6.64. The van der Waals surface area contributed by atoms with E-state index >= 15 is 0 Å². The van der Waals surface area contributed by atoms with Crippen LogP contribution in [0.15, 0.2) is 72.8 Å². The number of carboxylic acids is 1. The number of aryl methyl sites for hydroxylation is 1. The molecule has 0 aliphatic heterocycles.